The van der Waals surface area contributed by atoms with Crippen LogP contribution in [0.4, 0.5) is 5.69 Å². The van der Waals surface area contributed by atoms with Crippen LogP contribution in [-0.2, 0) is 16.1 Å². The number of esters is 1. The number of halogens is 2. The van der Waals surface area contributed by atoms with Gasteiger partial charge < -0.3 is 14.8 Å². The number of nitrogens with zero attached hydrogens (tertiary/aromatic N) is 1. The van der Waals surface area contributed by atoms with E-state index in [9.17, 15) is 14.9 Å². The van der Waals surface area contributed by atoms with Gasteiger partial charge in [-0.15, -0.1) is 0 Å². The Labute approximate surface area is 210 Å². The van der Waals surface area contributed by atoms with E-state index < -0.39 is 11.9 Å². The molecule has 0 heterocycles. The highest BCUT2D eigenvalue weighted by molar-refractivity contribution is 9.10. The summed E-state index contributed by atoms with van der Waals surface area (Å²) in [4.78, 5) is 24.5. The fourth-order valence-electron chi connectivity index (χ4n) is 2.91. The summed E-state index contributed by atoms with van der Waals surface area (Å²) in [5, 5.41) is 12.7. The van der Waals surface area contributed by atoms with E-state index in [4.69, 9.17) is 21.1 Å². The number of nitriles is 1. The zero-order valence-corrected chi connectivity index (χ0v) is 20.5. The van der Waals surface area contributed by atoms with Gasteiger partial charge in [-0.2, -0.15) is 5.26 Å². The average Bonchev–Trinajstić information content (AvgIpc) is 2.83. The molecule has 0 radical (unpaired) electrons. The number of hydrogen-bond donors (Lipinski definition) is 1. The van der Waals surface area contributed by atoms with Crippen LogP contribution in [0.15, 0.2) is 76.8 Å². The van der Waals surface area contributed by atoms with Crippen LogP contribution in [0.25, 0.3) is 6.08 Å². The van der Waals surface area contributed by atoms with E-state index >= 15 is 0 Å². The molecule has 0 aromatic heterocycles. The standard InChI is InChI=1S/C26H20BrClN2O4/c1-2-33-26(32)18-5-10-23(11-6-18)30-25(31)20(15-29)13-19-14-22(28)9-12-24(19)34-16-17-3-7-21(27)8-4-17/h3-14H,2,16H2,1H3,(H,30,31)/b20-13+. The lowest BCUT2D eigenvalue weighted by atomic mass is 10.1. The maximum absolute atomic E-state index is 12.7. The van der Waals surface area contributed by atoms with Crippen LogP contribution < -0.4 is 10.1 Å². The average molecular weight is 540 g/mol. The number of amides is 1. The van der Waals surface area contributed by atoms with Crippen LogP contribution in [0.2, 0.25) is 5.02 Å². The lowest BCUT2D eigenvalue weighted by molar-refractivity contribution is -0.112. The predicted molar refractivity (Wildman–Crippen MR) is 135 cm³/mol. The van der Waals surface area contributed by atoms with E-state index in [1.54, 1.807) is 37.3 Å². The predicted octanol–water partition coefficient (Wildman–Crippen LogP) is 6.40. The molecule has 34 heavy (non-hydrogen) atoms. The maximum Gasteiger partial charge on any atom is 0.338 e. The van der Waals surface area contributed by atoms with Crippen molar-refractivity contribution in [1.29, 1.82) is 5.26 Å². The van der Waals surface area contributed by atoms with Crippen LogP contribution in [-0.4, -0.2) is 18.5 Å². The summed E-state index contributed by atoms with van der Waals surface area (Å²) in [7, 11) is 0. The molecule has 172 valence electrons. The van der Waals surface area contributed by atoms with Crippen LogP contribution >= 0.6 is 27.5 Å². The lowest BCUT2D eigenvalue weighted by Crippen LogP contribution is -2.14. The second-order valence-electron chi connectivity index (χ2n) is 7.02. The van der Waals surface area contributed by atoms with Crippen molar-refractivity contribution in [2.24, 2.45) is 0 Å². The molecule has 8 heteroatoms. The van der Waals surface area contributed by atoms with Gasteiger partial charge in [0.15, 0.2) is 0 Å². The molecule has 3 rings (SSSR count). The number of carbonyl (C=O) groups excluding carboxylic acids is 2. The molecule has 0 unspecified atom stereocenters. The Morgan fingerprint density at radius 2 is 1.79 bits per heavy atom. The summed E-state index contributed by atoms with van der Waals surface area (Å²) in [6.45, 7) is 2.29. The van der Waals surface area contributed by atoms with E-state index in [0.717, 1.165) is 10.0 Å². The van der Waals surface area contributed by atoms with Gasteiger partial charge in [0.25, 0.3) is 5.91 Å². The van der Waals surface area contributed by atoms with Gasteiger partial charge in [-0.3, -0.25) is 4.79 Å². The summed E-state index contributed by atoms with van der Waals surface area (Å²) in [6.07, 6.45) is 1.42. The third-order valence-electron chi connectivity index (χ3n) is 4.60. The van der Waals surface area contributed by atoms with Gasteiger partial charge in [-0.1, -0.05) is 39.7 Å². The first kappa shape index (κ1) is 25.0. The van der Waals surface area contributed by atoms with E-state index in [2.05, 4.69) is 21.2 Å². The fraction of sp³-hybridized carbons (Fsp3) is 0.115. The van der Waals surface area contributed by atoms with E-state index in [0.29, 0.717) is 34.2 Å². The van der Waals surface area contributed by atoms with E-state index in [-0.39, 0.29) is 12.2 Å². The highest BCUT2D eigenvalue weighted by Gasteiger charge is 2.13. The number of hydrogen-bond acceptors (Lipinski definition) is 5. The van der Waals surface area contributed by atoms with Crippen LogP contribution in [0, 0.1) is 11.3 Å². The number of anilines is 1. The minimum Gasteiger partial charge on any atom is -0.488 e. The zero-order chi connectivity index (χ0) is 24.5. The lowest BCUT2D eigenvalue weighted by Gasteiger charge is -2.11. The van der Waals surface area contributed by atoms with E-state index in [1.807, 2.05) is 30.3 Å². The molecule has 0 spiro atoms. The van der Waals surface area contributed by atoms with Gasteiger partial charge >= 0.3 is 5.97 Å². The Hall–Kier alpha value is -3.60. The summed E-state index contributed by atoms with van der Waals surface area (Å²) in [6, 6.07) is 20.8. The quantitative estimate of drug-likeness (QED) is 0.203. The minimum absolute atomic E-state index is 0.134. The molecule has 0 bridgehead atoms. The number of benzene rings is 3. The molecule has 0 aliphatic rings. The van der Waals surface area contributed by atoms with Crippen molar-refractivity contribution in [3.8, 4) is 11.8 Å². The van der Waals surface area contributed by atoms with Crippen molar-refractivity contribution in [1.82, 2.24) is 0 Å². The highest BCUT2D eigenvalue weighted by Crippen LogP contribution is 2.27. The Morgan fingerprint density at radius 1 is 1.09 bits per heavy atom. The van der Waals surface area contributed by atoms with Crippen molar-refractivity contribution in [2.75, 3.05) is 11.9 Å². The summed E-state index contributed by atoms with van der Waals surface area (Å²) >= 11 is 9.54. The van der Waals surface area contributed by atoms with Crippen LogP contribution in [0.3, 0.4) is 0 Å². The first-order valence-corrected chi connectivity index (χ1v) is 11.4. The Kier molecular flexibility index (Phi) is 8.86. The second-order valence-corrected chi connectivity index (χ2v) is 8.37. The Bertz CT molecular complexity index is 1250. The monoisotopic (exact) mass is 538 g/mol. The summed E-state index contributed by atoms with van der Waals surface area (Å²) < 4.78 is 11.8. The van der Waals surface area contributed by atoms with Crippen LogP contribution in [0.5, 0.6) is 5.75 Å². The molecule has 0 saturated carbocycles. The van der Waals surface area contributed by atoms with Gasteiger partial charge in [-0.05, 0) is 73.2 Å². The zero-order valence-electron chi connectivity index (χ0n) is 18.2. The topological polar surface area (TPSA) is 88.4 Å². The van der Waals surface area contributed by atoms with Gasteiger partial charge in [0.05, 0.1) is 12.2 Å². The van der Waals surface area contributed by atoms with Crippen molar-refractivity contribution >= 4 is 51.2 Å². The van der Waals surface area contributed by atoms with Gasteiger partial charge in [0, 0.05) is 20.7 Å². The highest BCUT2D eigenvalue weighted by atomic mass is 79.9. The second kappa shape index (κ2) is 12.0. The minimum atomic E-state index is -0.606. The molecule has 0 atom stereocenters. The van der Waals surface area contributed by atoms with Gasteiger partial charge in [0.2, 0.25) is 0 Å². The molecular formula is C26H20BrClN2O4. The number of carbonyl (C=O) groups is 2. The van der Waals surface area contributed by atoms with Crippen molar-refractivity contribution in [2.45, 2.75) is 13.5 Å². The van der Waals surface area contributed by atoms with Crippen LogP contribution in [0.1, 0.15) is 28.4 Å². The molecule has 1 N–H and O–H groups in total. The molecule has 0 fully saturated rings. The number of nitrogens with one attached hydrogen (secondary N) is 1. The summed E-state index contributed by atoms with van der Waals surface area (Å²) in [5.41, 5.74) is 2.11. The maximum atomic E-state index is 12.7. The van der Waals surface area contributed by atoms with Gasteiger partial charge in [-0.25, -0.2) is 4.79 Å². The molecule has 0 aliphatic heterocycles. The molecule has 3 aromatic rings. The molecule has 3 aromatic carbocycles. The normalized spacial score (nSPS) is 10.8. The third kappa shape index (κ3) is 6.95. The Balaban J connectivity index is 1.76. The molecule has 0 saturated heterocycles. The third-order valence-corrected chi connectivity index (χ3v) is 5.36. The van der Waals surface area contributed by atoms with Crippen molar-refractivity contribution < 1.29 is 19.1 Å². The Morgan fingerprint density at radius 3 is 2.44 bits per heavy atom. The SMILES string of the molecule is CCOC(=O)c1ccc(NC(=O)/C(C#N)=C/c2cc(Cl)ccc2OCc2ccc(Br)cc2)cc1. The first-order valence-electron chi connectivity index (χ1n) is 10.3. The molecular weight excluding hydrogens is 520 g/mol. The smallest absolute Gasteiger partial charge is 0.338 e. The largest absolute Gasteiger partial charge is 0.488 e. The van der Waals surface area contributed by atoms with Gasteiger partial charge in [0.1, 0.15) is 24.0 Å². The van der Waals surface area contributed by atoms with Crippen molar-refractivity contribution in [3.63, 3.8) is 0 Å². The molecule has 0 aliphatic carbocycles. The van der Waals surface area contributed by atoms with E-state index in [1.165, 1.54) is 18.2 Å². The number of ether oxygens (including phenoxy) is 2. The fourth-order valence-corrected chi connectivity index (χ4v) is 3.36. The molecule has 6 nitrogen and oxygen atoms in total. The molecule has 1 amide bonds. The summed E-state index contributed by atoms with van der Waals surface area (Å²) in [5.74, 6) is -0.577. The first-order chi connectivity index (χ1) is 16.4. The van der Waals surface area contributed by atoms with Crippen molar-refractivity contribution in [3.05, 3.63) is 98.5 Å². The number of rotatable bonds is 8.